The Labute approximate surface area is 424 Å². The van der Waals surface area contributed by atoms with Crippen LogP contribution in [0.5, 0.6) is 92.0 Å². The molecule has 78 heavy (non-hydrogen) atoms. The normalized spacial score (nSPS) is 19.1. The zero-order chi connectivity index (χ0) is 56.5. The van der Waals surface area contributed by atoms with Crippen LogP contribution in [0.3, 0.4) is 0 Å². The van der Waals surface area contributed by atoms with E-state index in [1.54, 1.807) is 0 Å². The van der Waals surface area contributed by atoms with Gasteiger partial charge in [-0.1, -0.05) is 0 Å². The van der Waals surface area contributed by atoms with Crippen molar-refractivity contribution >= 4 is 56.6 Å². The Kier molecular flexibility index (Phi) is 10.2. The minimum absolute atomic E-state index is 0.231. The Balaban J connectivity index is 1.24. The predicted octanol–water partition coefficient (Wildman–Crippen LogP) is 1.65. The Bertz CT molecular complexity index is 4280. The van der Waals surface area contributed by atoms with Crippen molar-refractivity contribution in [3.8, 4) is 125 Å². The van der Waals surface area contributed by atoms with E-state index in [1.165, 1.54) is 0 Å². The van der Waals surface area contributed by atoms with Crippen molar-refractivity contribution in [1.82, 2.24) is 0 Å². The number of aliphatic hydroxyl groups is 2. The van der Waals surface area contributed by atoms with Gasteiger partial charge in [-0.3, -0.25) is 0 Å². The molecule has 0 aliphatic carbocycles. The van der Waals surface area contributed by atoms with Crippen LogP contribution in [-0.4, -0.2) is 147 Å². The van der Waals surface area contributed by atoms with E-state index in [1.807, 2.05) is 0 Å². The molecule has 5 atom stereocenters. The number of hydrogen-bond acceptors (Lipinski definition) is 30. The number of rotatable bonds is 1. The fraction of sp³-hybridized carbons (Fsp3) is 0.125. The van der Waals surface area contributed by atoms with Gasteiger partial charge in [0.15, 0.2) is 87.0 Å². The first kappa shape index (κ1) is 49.1. The molecule has 0 saturated heterocycles. The number of phenols is 16. The lowest BCUT2D eigenvalue weighted by atomic mass is 9.82. The lowest BCUT2D eigenvalue weighted by Gasteiger charge is -2.40. The van der Waals surface area contributed by atoms with Gasteiger partial charge in [0.1, 0.15) is 18.8 Å². The van der Waals surface area contributed by atoms with Crippen molar-refractivity contribution in [2.75, 3.05) is 6.61 Å². The first-order valence-corrected chi connectivity index (χ1v) is 21.7. The van der Waals surface area contributed by atoms with Crippen molar-refractivity contribution in [2.24, 2.45) is 0 Å². The molecule has 0 spiro atoms. The first-order chi connectivity index (χ1) is 36.7. The molecular weight excluding hydrogens is 1060 g/mol. The third-order valence-electron chi connectivity index (χ3n) is 13.4. The monoisotopic (exact) mass is 1080 g/mol. The number of aromatic hydroxyl groups is 16. The first-order valence-electron chi connectivity index (χ1n) is 21.7. The molecule has 4 aliphatic heterocycles. The zero-order valence-electron chi connectivity index (χ0n) is 37.8. The molecule has 0 amide bonds. The summed E-state index contributed by atoms with van der Waals surface area (Å²) < 4.78 is 32.5. The van der Waals surface area contributed by atoms with Crippen LogP contribution in [0.25, 0.3) is 66.1 Å². The maximum Gasteiger partial charge on any atom is 0.345 e. The number of cyclic esters (lactones) is 2. The second-order valence-corrected chi connectivity index (χ2v) is 17.6. The number of aliphatic hydroxyl groups excluding tert-OH is 2. The number of phenolic OH excluding ortho intramolecular Hbond substituents is 16. The third-order valence-corrected chi connectivity index (χ3v) is 13.4. The second kappa shape index (κ2) is 16.2. The maximum absolute atomic E-state index is 15.0. The van der Waals surface area contributed by atoms with Gasteiger partial charge < -0.3 is 120 Å². The molecule has 4 aliphatic rings. The van der Waals surface area contributed by atoms with Crippen molar-refractivity contribution in [3.63, 3.8) is 0 Å². The summed E-state index contributed by atoms with van der Waals surface area (Å²) in [5.41, 5.74) is -19.6. The Morgan fingerprint density at radius 2 is 0.718 bits per heavy atom. The molecule has 6 aromatic carbocycles. The molecule has 10 bridgehead atoms. The van der Waals surface area contributed by atoms with Gasteiger partial charge in [0.25, 0.3) is 0 Å². The van der Waals surface area contributed by atoms with Crippen LogP contribution >= 0.6 is 0 Å². The molecular formula is C48H28O30. The van der Waals surface area contributed by atoms with Crippen molar-refractivity contribution in [3.05, 3.63) is 66.9 Å². The van der Waals surface area contributed by atoms with E-state index in [9.17, 15) is 121 Å². The summed E-state index contributed by atoms with van der Waals surface area (Å²) in [6.07, 6.45) is -14.2. The van der Waals surface area contributed by atoms with E-state index in [-0.39, 0.29) is 6.07 Å². The largest absolute Gasteiger partial charge is 0.504 e. The van der Waals surface area contributed by atoms with E-state index < -0.39 is 258 Å². The average molecular weight is 1080 g/mol. The van der Waals surface area contributed by atoms with Gasteiger partial charge in [-0.25, -0.2) is 28.8 Å². The summed E-state index contributed by atoms with van der Waals surface area (Å²) in [6, 6.07) is 0.884. The molecule has 8 aromatic rings. The van der Waals surface area contributed by atoms with Crippen LogP contribution < -0.4 is 11.3 Å². The molecule has 12 rings (SSSR count). The van der Waals surface area contributed by atoms with Gasteiger partial charge in [-0.2, -0.15) is 0 Å². The van der Waals surface area contributed by atoms with E-state index in [2.05, 4.69) is 0 Å². The minimum Gasteiger partial charge on any atom is -0.504 e. The summed E-state index contributed by atoms with van der Waals surface area (Å²) >= 11 is 0. The molecule has 0 saturated carbocycles. The lowest BCUT2D eigenvalue weighted by Crippen LogP contribution is -2.55. The third kappa shape index (κ3) is 6.24. The SMILES string of the molecule is O=C1OC(C2OC(=O)c3cc(O)c(O)c(O)c3-c3c(O)c(O)c4oc(=O)c5c(c(O)c(O)c6oc(=O)c3c4c65)-c3c(cc(O)c(O)c3O)C(=O)OCC2O)C2OC(=O)c3c(c(O)c(O)c(O)c3[C@H]2O)-c2c1cc(O)c(O)c2O. The Morgan fingerprint density at radius 3 is 1.17 bits per heavy atom. The summed E-state index contributed by atoms with van der Waals surface area (Å²) in [6.45, 7) is -1.68. The molecule has 400 valence electrons. The minimum atomic E-state index is -2.97. The van der Waals surface area contributed by atoms with Crippen LogP contribution in [0, 0.1) is 0 Å². The molecule has 0 radical (unpaired) electrons. The van der Waals surface area contributed by atoms with Gasteiger partial charge in [-0.15, -0.1) is 0 Å². The number of carbonyl (C=O) groups excluding carboxylic acids is 4. The predicted molar refractivity (Wildman–Crippen MR) is 245 cm³/mol. The molecule has 2 aromatic heterocycles. The van der Waals surface area contributed by atoms with Crippen LogP contribution in [0.2, 0.25) is 0 Å². The molecule has 4 unspecified atom stereocenters. The van der Waals surface area contributed by atoms with E-state index in [4.69, 9.17) is 27.8 Å². The van der Waals surface area contributed by atoms with E-state index in [0.29, 0.717) is 12.1 Å². The molecule has 18 N–H and O–H groups in total. The van der Waals surface area contributed by atoms with Crippen LogP contribution in [0.1, 0.15) is 53.1 Å². The fourth-order valence-electron chi connectivity index (χ4n) is 9.96. The van der Waals surface area contributed by atoms with Gasteiger partial charge in [0.05, 0.1) is 33.0 Å². The molecule has 6 heterocycles. The second-order valence-electron chi connectivity index (χ2n) is 17.6. The number of hydrogen-bond donors (Lipinski definition) is 18. The average Bonchev–Trinajstić information content (AvgIpc) is 3.06. The van der Waals surface area contributed by atoms with Gasteiger partial charge in [0, 0.05) is 49.7 Å². The Morgan fingerprint density at radius 1 is 0.346 bits per heavy atom. The van der Waals surface area contributed by atoms with E-state index >= 15 is 0 Å². The number of carbonyl (C=O) groups is 4. The van der Waals surface area contributed by atoms with Crippen LogP contribution in [0.4, 0.5) is 0 Å². The zero-order valence-corrected chi connectivity index (χ0v) is 37.8. The quantitative estimate of drug-likeness (QED) is 0.0365. The van der Waals surface area contributed by atoms with Crippen molar-refractivity contribution in [2.45, 2.75) is 30.5 Å². The highest BCUT2D eigenvalue weighted by atomic mass is 16.6. The topological polar surface area (TPSA) is 530 Å². The molecule has 30 nitrogen and oxygen atoms in total. The van der Waals surface area contributed by atoms with Crippen LogP contribution in [-0.2, 0) is 18.9 Å². The highest BCUT2D eigenvalue weighted by molar-refractivity contribution is 6.29. The van der Waals surface area contributed by atoms with E-state index in [0.717, 1.165) is 0 Å². The smallest absolute Gasteiger partial charge is 0.345 e. The Hall–Kier alpha value is -11.1. The number of ether oxygens (including phenoxy) is 4. The standard InChI is InChI=1S/C48H28O30/c49-8-1-5-12(27(56)24(8)53)15-20-18-19-21(47(71)76-39(18)36(65)31(15)60)16(32(61)37(66)40(19)75-46(20)70)13-6(2-9(50)25(54)28(13)57)44(68)74-38(11(52)4-73-43(5)67)42-41-34(63)23-22(48(72)77-41)17(30(59)35(64)33(23)62)14-7(45(69)78-42)3-10(51)26(55)29(14)58/h1-3,11,34,38,41-42,49-66H,4H2/t11?,34-,38?,41?,42?/m1/s1. The van der Waals surface area contributed by atoms with Gasteiger partial charge >= 0.3 is 35.1 Å². The number of benzene rings is 6. The summed E-state index contributed by atoms with van der Waals surface area (Å²) in [7, 11) is 0. The van der Waals surface area contributed by atoms with Crippen LogP contribution in [0.15, 0.2) is 36.6 Å². The van der Waals surface area contributed by atoms with Crippen molar-refractivity contribution < 1.29 is 139 Å². The van der Waals surface area contributed by atoms with Gasteiger partial charge in [0.2, 0.25) is 34.5 Å². The number of fused-ring (bicyclic) bond motifs is 7. The van der Waals surface area contributed by atoms with Crippen molar-refractivity contribution in [1.29, 1.82) is 0 Å². The summed E-state index contributed by atoms with van der Waals surface area (Å²) in [5, 5.41) is 198. The number of esters is 4. The fourth-order valence-corrected chi connectivity index (χ4v) is 9.96. The highest BCUT2D eigenvalue weighted by Gasteiger charge is 2.53. The maximum atomic E-state index is 15.0. The molecule has 0 fully saturated rings. The summed E-state index contributed by atoms with van der Waals surface area (Å²) in [4.78, 5) is 86.4. The van der Waals surface area contributed by atoms with Gasteiger partial charge in [-0.05, 0) is 18.2 Å². The lowest BCUT2D eigenvalue weighted by molar-refractivity contribution is -0.153. The molecule has 30 heteroatoms. The summed E-state index contributed by atoms with van der Waals surface area (Å²) in [5.74, 6) is -32.3. The highest BCUT2D eigenvalue weighted by Crippen LogP contribution is 2.60.